The van der Waals surface area contributed by atoms with Gasteiger partial charge in [0, 0.05) is 41.7 Å². The maximum atomic E-state index is 14.9. The highest BCUT2D eigenvalue weighted by Crippen LogP contribution is 2.36. The van der Waals surface area contributed by atoms with Gasteiger partial charge < -0.3 is 10.6 Å². The third-order valence-electron chi connectivity index (χ3n) is 4.73. The van der Waals surface area contributed by atoms with Crippen molar-refractivity contribution in [3.63, 3.8) is 0 Å². The molecular formula is C21H19F2N3S. The standard InChI is InChI=1S/C21H19F2N3S/c22-21(23,17-7-3-15(14-24)4-8-17)18-9-5-16(6-10-18)19-2-1-11-26-12-13-27-25-20(19)26/h1-11H,12-14,24H2. The van der Waals surface area contributed by atoms with Crippen LogP contribution in [-0.2, 0) is 12.5 Å². The lowest BCUT2D eigenvalue weighted by atomic mass is 9.95. The van der Waals surface area contributed by atoms with E-state index in [2.05, 4.69) is 9.30 Å². The lowest BCUT2D eigenvalue weighted by molar-refractivity contribution is 0.0428. The second-order valence-electron chi connectivity index (χ2n) is 6.42. The van der Waals surface area contributed by atoms with Crippen LogP contribution in [0.3, 0.4) is 0 Å². The Bertz CT molecular complexity index is 915. The van der Waals surface area contributed by atoms with Gasteiger partial charge in [-0.05, 0) is 35.2 Å². The van der Waals surface area contributed by atoms with E-state index < -0.39 is 5.92 Å². The zero-order valence-electron chi connectivity index (χ0n) is 14.6. The number of fused-ring (bicyclic) bond motifs is 1. The van der Waals surface area contributed by atoms with Crippen LogP contribution in [0.2, 0.25) is 0 Å². The molecule has 2 aromatic rings. The largest absolute Gasteiger partial charge is 0.331 e. The molecule has 0 atom stereocenters. The topological polar surface area (TPSA) is 41.6 Å². The van der Waals surface area contributed by atoms with Crippen LogP contribution in [0.25, 0.3) is 5.57 Å². The summed E-state index contributed by atoms with van der Waals surface area (Å²) in [5.41, 5.74) is 8.14. The summed E-state index contributed by atoms with van der Waals surface area (Å²) in [6, 6.07) is 12.6. The molecule has 0 aromatic heterocycles. The van der Waals surface area contributed by atoms with Crippen molar-refractivity contribution in [2.75, 3.05) is 12.3 Å². The number of halogens is 2. The summed E-state index contributed by atoms with van der Waals surface area (Å²) in [7, 11) is 0. The van der Waals surface area contributed by atoms with Gasteiger partial charge in [-0.15, -0.1) is 0 Å². The first kappa shape index (κ1) is 17.9. The molecule has 0 radical (unpaired) electrons. The normalized spacial score (nSPS) is 16.6. The average molecular weight is 383 g/mol. The zero-order chi connectivity index (χ0) is 18.9. The Morgan fingerprint density at radius 3 is 2.37 bits per heavy atom. The third kappa shape index (κ3) is 3.42. The first-order chi connectivity index (χ1) is 13.1. The molecule has 2 aromatic carbocycles. The molecule has 3 nitrogen and oxygen atoms in total. The Labute approximate surface area is 161 Å². The molecule has 0 spiro atoms. The number of rotatable bonds is 4. The second-order valence-corrected chi connectivity index (χ2v) is 7.27. The van der Waals surface area contributed by atoms with Crippen molar-refractivity contribution in [3.8, 4) is 0 Å². The summed E-state index contributed by atoms with van der Waals surface area (Å²) in [6.45, 7) is 1.23. The van der Waals surface area contributed by atoms with Crippen molar-refractivity contribution < 1.29 is 8.78 Å². The van der Waals surface area contributed by atoms with E-state index in [9.17, 15) is 8.78 Å². The highest BCUT2D eigenvalue weighted by Gasteiger charge is 2.34. The fourth-order valence-electron chi connectivity index (χ4n) is 3.17. The van der Waals surface area contributed by atoms with Crippen LogP contribution >= 0.6 is 11.9 Å². The van der Waals surface area contributed by atoms with E-state index in [0.29, 0.717) is 6.54 Å². The van der Waals surface area contributed by atoms with E-state index >= 15 is 0 Å². The molecule has 0 aliphatic carbocycles. The Hall–Kier alpha value is -2.44. The van der Waals surface area contributed by atoms with Crippen LogP contribution in [0.15, 0.2) is 71.3 Å². The van der Waals surface area contributed by atoms with Crippen molar-refractivity contribution in [1.29, 1.82) is 0 Å². The molecule has 2 aliphatic heterocycles. The van der Waals surface area contributed by atoms with E-state index in [-0.39, 0.29) is 11.1 Å². The number of nitrogens with two attached hydrogens (primary N) is 1. The van der Waals surface area contributed by atoms with Gasteiger partial charge in [-0.3, -0.25) is 0 Å². The first-order valence-electron chi connectivity index (χ1n) is 8.73. The van der Waals surface area contributed by atoms with Gasteiger partial charge >= 0.3 is 0 Å². The van der Waals surface area contributed by atoms with Crippen molar-refractivity contribution in [2.45, 2.75) is 12.5 Å². The van der Waals surface area contributed by atoms with Crippen molar-refractivity contribution in [3.05, 3.63) is 89.1 Å². The molecule has 0 bridgehead atoms. The van der Waals surface area contributed by atoms with Crippen LogP contribution in [0.1, 0.15) is 22.3 Å². The van der Waals surface area contributed by atoms with E-state index in [0.717, 1.165) is 34.8 Å². The Morgan fingerprint density at radius 1 is 1.04 bits per heavy atom. The van der Waals surface area contributed by atoms with Crippen LogP contribution < -0.4 is 5.73 Å². The van der Waals surface area contributed by atoms with Crippen molar-refractivity contribution >= 4 is 23.4 Å². The van der Waals surface area contributed by atoms with Gasteiger partial charge in [-0.1, -0.05) is 48.5 Å². The van der Waals surface area contributed by atoms with Gasteiger partial charge in [0.1, 0.15) is 5.84 Å². The highest BCUT2D eigenvalue weighted by molar-refractivity contribution is 7.98. The maximum absolute atomic E-state index is 14.9. The molecule has 2 aliphatic rings. The maximum Gasteiger partial charge on any atom is 0.298 e. The molecule has 2 heterocycles. The van der Waals surface area contributed by atoms with Crippen LogP contribution in [-0.4, -0.2) is 23.0 Å². The van der Waals surface area contributed by atoms with Crippen LogP contribution in [0.4, 0.5) is 8.78 Å². The fourth-order valence-corrected chi connectivity index (χ4v) is 3.87. The molecule has 0 saturated heterocycles. The second kappa shape index (κ2) is 7.29. The van der Waals surface area contributed by atoms with Crippen LogP contribution in [0.5, 0.6) is 0 Å². The number of nitrogens with zero attached hydrogens (tertiary/aromatic N) is 2. The Morgan fingerprint density at radius 2 is 1.70 bits per heavy atom. The van der Waals surface area contributed by atoms with Gasteiger partial charge in [0.05, 0.1) is 0 Å². The SMILES string of the molecule is NCc1ccc(C(F)(F)c2ccc(C3=CC=CN4CCSN=C34)cc2)cc1. The molecule has 4 rings (SSSR count). The third-order valence-corrected chi connectivity index (χ3v) is 5.39. The Kier molecular flexibility index (Phi) is 4.85. The summed E-state index contributed by atoms with van der Waals surface area (Å²) in [4.78, 5) is 2.09. The molecule has 27 heavy (non-hydrogen) atoms. The van der Waals surface area contributed by atoms with E-state index in [1.807, 2.05) is 18.4 Å². The predicted octanol–water partition coefficient (Wildman–Crippen LogP) is 4.56. The molecule has 6 heteroatoms. The molecule has 2 N–H and O–H groups in total. The number of hydrogen-bond donors (Lipinski definition) is 1. The lowest BCUT2D eigenvalue weighted by Crippen LogP contribution is -2.32. The average Bonchev–Trinajstić information content (AvgIpc) is 2.73. The molecule has 0 amide bonds. The van der Waals surface area contributed by atoms with E-state index in [1.54, 1.807) is 24.3 Å². The van der Waals surface area contributed by atoms with Crippen molar-refractivity contribution in [1.82, 2.24) is 4.90 Å². The number of amidine groups is 1. The quantitative estimate of drug-likeness (QED) is 0.787. The first-order valence-corrected chi connectivity index (χ1v) is 9.67. The van der Waals surface area contributed by atoms with Gasteiger partial charge in [0.15, 0.2) is 0 Å². The van der Waals surface area contributed by atoms with Crippen molar-refractivity contribution in [2.24, 2.45) is 10.1 Å². The minimum atomic E-state index is -3.06. The number of hydrogen-bond acceptors (Lipinski definition) is 4. The van der Waals surface area contributed by atoms with Crippen LogP contribution in [0, 0.1) is 0 Å². The lowest BCUT2D eigenvalue weighted by Gasteiger charge is -2.29. The summed E-state index contributed by atoms with van der Waals surface area (Å²) in [6.07, 6.45) is 5.93. The summed E-state index contributed by atoms with van der Waals surface area (Å²) in [5, 5.41) is 0. The zero-order valence-corrected chi connectivity index (χ0v) is 15.4. The number of alkyl halides is 2. The Balaban J connectivity index is 1.62. The smallest absolute Gasteiger partial charge is 0.298 e. The summed E-state index contributed by atoms with van der Waals surface area (Å²) >= 11 is 1.53. The van der Waals surface area contributed by atoms with E-state index in [1.165, 1.54) is 36.2 Å². The highest BCUT2D eigenvalue weighted by atomic mass is 32.2. The van der Waals surface area contributed by atoms with Gasteiger partial charge in [-0.25, -0.2) is 0 Å². The predicted molar refractivity (Wildman–Crippen MR) is 107 cm³/mol. The monoisotopic (exact) mass is 383 g/mol. The van der Waals surface area contributed by atoms with Gasteiger partial charge in [-0.2, -0.15) is 13.2 Å². The molecular weight excluding hydrogens is 364 g/mol. The summed E-state index contributed by atoms with van der Waals surface area (Å²) < 4.78 is 34.3. The molecule has 0 saturated carbocycles. The molecule has 138 valence electrons. The molecule has 0 fully saturated rings. The number of allylic oxidation sites excluding steroid dienone is 2. The van der Waals surface area contributed by atoms with Gasteiger partial charge in [0.25, 0.3) is 5.92 Å². The number of benzene rings is 2. The molecule has 0 unspecified atom stereocenters. The fraction of sp³-hybridized carbons (Fsp3) is 0.190. The van der Waals surface area contributed by atoms with Gasteiger partial charge in [0.2, 0.25) is 0 Å². The minimum Gasteiger partial charge on any atom is -0.331 e. The minimum absolute atomic E-state index is 0.0319. The summed E-state index contributed by atoms with van der Waals surface area (Å²) in [5.74, 6) is -1.24. The van der Waals surface area contributed by atoms with E-state index in [4.69, 9.17) is 5.73 Å².